The Morgan fingerprint density at radius 1 is 1.23 bits per heavy atom. The Bertz CT molecular complexity index is 257. The average molecular weight is 180 g/mol. The average Bonchev–Trinajstić information content (AvgIpc) is 2.08. The molecule has 0 aromatic carbocycles. The summed E-state index contributed by atoms with van der Waals surface area (Å²) in [6.45, 7) is 2.18. The van der Waals surface area contributed by atoms with E-state index in [1.54, 1.807) is 0 Å². The molecule has 0 aromatic rings. The van der Waals surface area contributed by atoms with Crippen LogP contribution in [0.1, 0.15) is 45.4 Å². The number of ketones is 2. The zero-order valence-electron chi connectivity index (χ0n) is 8.14. The second-order valence-corrected chi connectivity index (χ2v) is 4.77. The Hall–Kier alpha value is -0.660. The van der Waals surface area contributed by atoms with Crippen LogP contribution in [0, 0.1) is 11.3 Å². The van der Waals surface area contributed by atoms with Crippen LogP contribution in [-0.2, 0) is 9.59 Å². The third-order valence-electron chi connectivity index (χ3n) is 3.81. The van der Waals surface area contributed by atoms with Crippen molar-refractivity contribution < 1.29 is 9.59 Å². The summed E-state index contributed by atoms with van der Waals surface area (Å²) in [7, 11) is 0. The third kappa shape index (κ3) is 1.43. The van der Waals surface area contributed by atoms with Gasteiger partial charge in [0.25, 0.3) is 0 Å². The first-order chi connectivity index (χ1) is 6.12. The van der Waals surface area contributed by atoms with E-state index in [0.717, 1.165) is 19.3 Å². The van der Waals surface area contributed by atoms with Crippen molar-refractivity contribution in [1.29, 1.82) is 0 Å². The third-order valence-corrected chi connectivity index (χ3v) is 3.81. The molecule has 0 radical (unpaired) electrons. The molecular weight excluding hydrogens is 164 g/mol. The molecule has 2 atom stereocenters. The van der Waals surface area contributed by atoms with E-state index >= 15 is 0 Å². The standard InChI is InChI=1S/C11H16O2/c1-11-5-2-3-10(13)9(11)7-8(12)4-6-11/h9H,2-7H2,1H3. The maximum atomic E-state index is 11.6. The number of carbonyl (C=O) groups is 2. The van der Waals surface area contributed by atoms with Gasteiger partial charge in [-0.3, -0.25) is 9.59 Å². The summed E-state index contributed by atoms with van der Waals surface area (Å²) in [5.41, 5.74) is 0.156. The zero-order valence-corrected chi connectivity index (χ0v) is 8.14. The van der Waals surface area contributed by atoms with E-state index < -0.39 is 0 Å². The summed E-state index contributed by atoms with van der Waals surface area (Å²) in [4.78, 5) is 22.9. The van der Waals surface area contributed by atoms with Gasteiger partial charge in [-0.05, 0) is 24.7 Å². The van der Waals surface area contributed by atoms with Crippen LogP contribution < -0.4 is 0 Å². The smallest absolute Gasteiger partial charge is 0.136 e. The predicted octanol–water partition coefficient (Wildman–Crippen LogP) is 2.11. The van der Waals surface area contributed by atoms with E-state index in [0.29, 0.717) is 25.0 Å². The molecule has 0 amide bonds. The number of carbonyl (C=O) groups excluding carboxylic acids is 2. The van der Waals surface area contributed by atoms with Crippen LogP contribution in [0.25, 0.3) is 0 Å². The van der Waals surface area contributed by atoms with E-state index in [4.69, 9.17) is 0 Å². The van der Waals surface area contributed by atoms with Crippen LogP contribution in [0.15, 0.2) is 0 Å². The Labute approximate surface area is 78.7 Å². The summed E-state index contributed by atoms with van der Waals surface area (Å²) >= 11 is 0. The molecule has 2 unspecified atom stereocenters. The lowest BCUT2D eigenvalue weighted by Gasteiger charge is -2.43. The van der Waals surface area contributed by atoms with E-state index in [9.17, 15) is 9.59 Å². The van der Waals surface area contributed by atoms with Crippen molar-refractivity contribution in [2.75, 3.05) is 0 Å². The number of fused-ring (bicyclic) bond motifs is 1. The van der Waals surface area contributed by atoms with Crippen LogP contribution in [0.2, 0.25) is 0 Å². The maximum absolute atomic E-state index is 11.6. The Morgan fingerprint density at radius 2 is 2.00 bits per heavy atom. The maximum Gasteiger partial charge on any atom is 0.136 e. The summed E-state index contributed by atoms with van der Waals surface area (Å²) < 4.78 is 0. The Kier molecular flexibility index (Phi) is 2.01. The highest BCUT2D eigenvalue weighted by atomic mass is 16.1. The molecule has 2 saturated carbocycles. The summed E-state index contributed by atoms with van der Waals surface area (Å²) in [5, 5.41) is 0. The van der Waals surface area contributed by atoms with Crippen LogP contribution in [0.5, 0.6) is 0 Å². The molecule has 13 heavy (non-hydrogen) atoms. The van der Waals surface area contributed by atoms with Gasteiger partial charge in [0, 0.05) is 25.2 Å². The number of hydrogen-bond acceptors (Lipinski definition) is 2. The number of hydrogen-bond donors (Lipinski definition) is 0. The molecule has 0 bridgehead atoms. The van der Waals surface area contributed by atoms with Crippen molar-refractivity contribution in [2.24, 2.45) is 11.3 Å². The van der Waals surface area contributed by atoms with Gasteiger partial charge in [-0.2, -0.15) is 0 Å². The zero-order chi connectivity index (χ0) is 9.47. The highest BCUT2D eigenvalue weighted by Gasteiger charge is 2.44. The van der Waals surface area contributed by atoms with Gasteiger partial charge < -0.3 is 0 Å². The van der Waals surface area contributed by atoms with Gasteiger partial charge in [0.05, 0.1) is 0 Å². The molecule has 2 aliphatic carbocycles. The van der Waals surface area contributed by atoms with Crippen LogP contribution in [0.4, 0.5) is 0 Å². The van der Waals surface area contributed by atoms with E-state index in [2.05, 4.69) is 6.92 Å². The molecule has 0 aliphatic heterocycles. The van der Waals surface area contributed by atoms with Crippen LogP contribution in [0.3, 0.4) is 0 Å². The molecule has 0 N–H and O–H groups in total. The van der Waals surface area contributed by atoms with Gasteiger partial charge in [0.1, 0.15) is 11.6 Å². The second kappa shape index (κ2) is 2.93. The normalized spacial score (nSPS) is 40.2. The minimum atomic E-state index is 0.0579. The van der Waals surface area contributed by atoms with Crippen molar-refractivity contribution in [3.8, 4) is 0 Å². The fourth-order valence-corrected chi connectivity index (χ4v) is 2.82. The van der Waals surface area contributed by atoms with Gasteiger partial charge in [-0.25, -0.2) is 0 Å². The SMILES string of the molecule is CC12CCCC(=O)C1CC(=O)CC2. The fraction of sp³-hybridized carbons (Fsp3) is 0.818. The molecule has 72 valence electrons. The summed E-state index contributed by atoms with van der Waals surface area (Å²) in [6, 6.07) is 0. The van der Waals surface area contributed by atoms with Gasteiger partial charge in [-0.1, -0.05) is 6.92 Å². The van der Waals surface area contributed by atoms with Gasteiger partial charge in [-0.15, -0.1) is 0 Å². The molecule has 2 aliphatic rings. The molecular formula is C11H16O2. The minimum Gasteiger partial charge on any atom is -0.300 e. The highest BCUT2D eigenvalue weighted by Crippen LogP contribution is 2.47. The fourth-order valence-electron chi connectivity index (χ4n) is 2.82. The van der Waals surface area contributed by atoms with E-state index in [1.165, 1.54) is 0 Å². The number of Topliss-reactive ketones (excluding diaryl/α,β-unsaturated/α-hetero) is 2. The van der Waals surface area contributed by atoms with Gasteiger partial charge in [0.15, 0.2) is 0 Å². The van der Waals surface area contributed by atoms with Crippen molar-refractivity contribution in [3.63, 3.8) is 0 Å². The van der Waals surface area contributed by atoms with Crippen molar-refractivity contribution in [3.05, 3.63) is 0 Å². The minimum absolute atomic E-state index is 0.0579. The van der Waals surface area contributed by atoms with Crippen molar-refractivity contribution >= 4 is 11.6 Å². The van der Waals surface area contributed by atoms with Crippen molar-refractivity contribution in [2.45, 2.75) is 45.4 Å². The molecule has 2 rings (SSSR count). The van der Waals surface area contributed by atoms with Crippen LogP contribution in [-0.4, -0.2) is 11.6 Å². The summed E-state index contributed by atoms with van der Waals surface area (Å²) in [6.07, 6.45) is 5.02. The van der Waals surface area contributed by atoms with E-state index in [-0.39, 0.29) is 17.1 Å². The summed E-state index contributed by atoms with van der Waals surface area (Å²) in [5.74, 6) is 0.682. The van der Waals surface area contributed by atoms with Gasteiger partial charge in [0.2, 0.25) is 0 Å². The first kappa shape index (κ1) is 8.92. The monoisotopic (exact) mass is 180 g/mol. The van der Waals surface area contributed by atoms with Crippen LogP contribution >= 0.6 is 0 Å². The molecule has 0 spiro atoms. The van der Waals surface area contributed by atoms with E-state index in [1.807, 2.05) is 0 Å². The lowest BCUT2D eigenvalue weighted by atomic mass is 9.60. The van der Waals surface area contributed by atoms with Crippen molar-refractivity contribution in [1.82, 2.24) is 0 Å². The first-order valence-corrected chi connectivity index (χ1v) is 5.16. The number of rotatable bonds is 0. The molecule has 2 fully saturated rings. The highest BCUT2D eigenvalue weighted by molar-refractivity contribution is 5.90. The molecule has 2 heteroatoms. The lowest BCUT2D eigenvalue weighted by molar-refractivity contribution is -0.139. The molecule has 2 nitrogen and oxygen atoms in total. The van der Waals surface area contributed by atoms with Gasteiger partial charge >= 0.3 is 0 Å². The predicted molar refractivity (Wildman–Crippen MR) is 49.3 cm³/mol. The molecule has 0 aromatic heterocycles. The quantitative estimate of drug-likeness (QED) is 0.572. The molecule has 0 heterocycles. The topological polar surface area (TPSA) is 34.1 Å². The Morgan fingerprint density at radius 3 is 2.77 bits per heavy atom. The first-order valence-electron chi connectivity index (χ1n) is 5.16. The Balaban J connectivity index is 2.22. The largest absolute Gasteiger partial charge is 0.300 e. The second-order valence-electron chi connectivity index (χ2n) is 4.77. The molecule has 0 saturated heterocycles. The lowest BCUT2D eigenvalue weighted by Crippen LogP contribution is -2.42.